The van der Waals surface area contributed by atoms with E-state index < -0.39 is 0 Å². The van der Waals surface area contributed by atoms with Gasteiger partial charge in [0.2, 0.25) is 5.91 Å². The van der Waals surface area contributed by atoms with E-state index in [0.29, 0.717) is 13.0 Å². The zero-order valence-corrected chi connectivity index (χ0v) is 11.6. The molecule has 1 aromatic heterocycles. The van der Waals surface area contributed by atoms with Gasteiger partial charge in [0.05, 0.1) is 13.0 Å². The molecule has 0 saturated heterocycles. The number of benzene rings is 1. The van der Waals surface area contributed by atoms with Crippen molar-refractivity contribution in [2.75, 3.05) is 7.05 Å². The molecule has 1 aromatic carbocycles. The molecule has 2 aromatic rings. The molecule has 0 fully saturated rings. The van der Waals surface area contributed by atoms with Crippen LogP contribution in [0.4, 0.5) is 0 Å². The maximum absolute atomic E-state index is 12.1. The van der Waals surface area contributed by atoms with Gasteiger partial charge in [-0.05, 0) is 31.5 Å². The van der Waals surface area contributed by atoms with Crippen molar-refractivity contribution in [3.63, 3.8) is 0 Å². The van der Waals surface area contributed by atoms with Gasteiger partial charge in [-0.15, -0.1) is 0 Å². The Morgan fingerprint density at radius 2 is 1.79 bits per heavy atom. The number of aryl methyl sites for hydroxylation is 2. The third kappa shape index (κ3) is 3.71. The zero-order chi connectivity index (χ0) is 13.8. The summed E-state index contributed by atoms with van der Waals surface area (Å²) in [5.74, 6) is 1.78. The van der Waals surface area contributed by atoms with Gasteiger partial charge in [0.25, 0.3) is 0 Å². The number of hydrogen-bond donors (Lipinski definition) is 0. The van der Waals surface area contributed by atoms with Crippen molar-refractivity contribution in [2.24, 2.45) is 0 Å². The standard InChI is InChI=1S/C16H19NO2/c1-12-4-7-14(8-5-12)10-16(18)17(3)11-15-9-6-13(2)19-15/h4-9H,10-11H2,1-3H3. The van der Waals surface area contributed by atoms with Crippen molar-refractivity contribution >= 4 is 5.91 Å². The number of hydrogen-bond acceptors (Lipinski definition) is 2. The maximum atomic E-state index is 12.1. The van der Waals surface area contributed by atoms with Crippen LogP contribution in [-0.4, -0.2) is 17.9 Å². The van der Waals surface area contributed by atoms with Crippen LogP contribution >= 0.6 is 0 Å². The molecule has 19 heavy (non-hydrogen) atoms. The maximum Gasteiger partial charge on any atom is 0.227 e. The van der Waals surface area contributed by atoms with Crippen LogP contribution in [0.3, 0.4) is 0 Å². The van der Waals surface area contributed by atoms with E-state index in [-0.39, 0.29) is 5.91 Å². The monoisotopic (exact) mass is 257 g/mol. The van der Waals surface area contributed by atoms with Gasteiger partial charge < -0.3 is 9.32 Å². The van der Waals surface area contributed by atoms with Crippen LogP contribution in [0.25, 0.3) is 0 Å². The van der Waals surface area contributed by atoms with E-state index in [1.807, 2.05) is 50.2 Å². The predicted molar refractivity (Wildman–Crippen MR) is 74.8 cm³/mol. The highest BCUT2D eigenvalue weighted by Crippen LogP contribution is 2.10. The van der Waals surface area contributed by atoms with Gasteiger partial charge in [0.1, 0.15) is 11.5 Å². The van der Waals surface area contributed by atoms with Crippen molar-refractivity contribution in [1.82, 2.24) is 4.90 Å². The van der Waals surface area contributed by atoms with Crippen molar-refractivity contribution in [3.8, 4) is 0 Å². The Kier molecular flexibility index (Phi) is 4.05. The van der Waals surface area contributed by atoms with Gasteiger partial charge in [-0.3, -0.25) is 4.79 Å². The van der Waals surface area contributed by atoms with E-state index in [2.05, 4.69) is 0 Å². The molecule has 1 heterocycles. The van der Waals surface area contributed by atoms with Crippen LogP contribution in [0.15, 0.2) is 40.8 Å². The lowest BCUT2D eigenvalue weighted by molar-refractivity contribution is -0.129. The van der Waals surface area contributed by atoms with Crippen molar-refractivity contribution in [3.05, 3.63) is 59.0 Å². The highest BCUT2D eigenvalue weighted by atomic mass is 16.3. The second-order valence-corrected chi connectivity index (χ2v) is 4.92. The number of carbonyl (C=O) groups is 1. The minimum Gasteiger partial charge on any atom is -0.464 e. The smallest absolute Gasteiger partial charge is 0.227 e. The first-order chi connectivity index (χ1) is 9.04. The molecule has 0 atom stereocenters. The Morgan fingerprint density at radius 1 is 1.11 bits per heavy atom. The Balaban J connectivity index is 1.94. The summed E-state index contributed by atoms with van der Waals surface area (Å²) in [6.45, 7) is 4.45. The largest absolute Gasteiger partial charge is 0.464 e. The summed E-state index contributed by atoms with van der Waals surface area (Å²) in [5.41, 5.74) is 2.24. The molecule has 1 amide bonds. The summed E-state index contributed by atoms with van der Waals surface area (Å²) in [5, 5.41) is 0. The van der Waals surface area contributed by atoms with Gasteiger partial charge in [0.15, 0.2) is 0 Å². The third-order valence-corrected chi connectivity index (χ3v) is 3.09. The fraction of sp³-hybridized carbons (Fsp3) is 0.312. The second kappa shape index (κ2) is 5.74. The molecular formula is C16H19NO2. The number of nitrogens with zero attached hydrogens (tertiary/aromatic N) is 1. The topological polar surface area (TPSA) is 33.5 Å². The first-order valence-corrected chi connectivity index (χ1v) is 6.39. The minimum absolute atomic E-state index is 0.0953. The van der Waals surface area contributed by atoms with Crippen LogP contribution < -0.4 is 0 Å². The third-order valence-electron chi connectivity index (χ3n) is 3.09. The van der Waals surface area contributed by atoms with Gasteiger partial charge in [0, 0.05) is 7.05 Å². The molecule has 3 heteroatoms. The molecule has 0 saturated carbocycles. The first kappa shape index (κ1) is 13.4. The number of likely N-dealkylation sites (N-methyl/N-ethyl adjacent to an activating group) is 1. The average Bonchev–Trinajstić information content (AvgIpc) is 2.77. The molecule has 0 aliphatic carbocycles. The molecule has 3 nitrogen and oxygen atoms in total. The summed E-state index contributed by atoms with van der Waals surface area (Å²) in [4.78, 5) is 13.8. The predicted octanol–water partition coefficient (Wildman–Crippen LogP) is 3.10. The summed E-state index contributed by atoms with van der Waals surface area (Å²) in [7, 11) is 1.80. The summed E-state index contributed by atoms with van der Waals surface area (Å²) in [6.07, 6.45) is 0.427. The number of amides is 1. The molecule has 0 bridgehead atoms. The second-order valence-electron chi connectivity index (χ2n) is 4.92. The van der Waals surface area contributed by atoms with Gasteiger partial charge in [-0.1, -0.05) is 29.8 Å². The van der Waals surface area contributed by atoms with E-state index in [1.54, 1.807) is 11.9 Å². The van der Waals surface area contributed by atoms with Crippen LogP contribution in [0, 0.1) is 13.8 Å². The zero-order valence-electron chi connectivity index (χ0n) is 11.6. The summed E-state index contributed by atoms with van der Waals surface area (Å²) >= 11 is 0. The van der Waals surface area contributed by atoms with E-state index in [4.69, 9.17) is 4.42 Å². The molecule has 0 N–H and O–H groups in total. The van der Waals surface area contributed by atoms with Crippen molar-refractivity contribution in [2.45, 2.75) is 26.8 Å². The highest BCUT2D eigenvalue weighted by Gasteiger charge is 2.11. The normalized spacial score (nSPS) is 10.5. The molecule has 0 aliphatic heterocycles. The molecule has 2 rings (SSSR count). The Bertz CT molecular complexity index is 554. The average molecular weight is 257 g/mol. The van der Waals surface area contributed by atoms with E-state index in [0.717, 1.165) is 17.1 Å². The lowest BCUT2D eigenvalue weighted by atomic mass is 10.1. The molecule has 0 unspecified atom stereocenters. The lowest BCUT2D eigenvalue weighted by Gasteiger charge is -2.15. The van der Waals surface area contributed by atoms with E-state index in [9.17, 15) is 4.79 Å². The molecule has 100 valence electrons. The first-order valence-electron chi connectivity index (χ1n) is 6.39. The summed E-state index contributed by atoms with van der Waals surface area (Å²) in [6, 6.07) is 11.9. The van der Waals surface area contributed by atoms with Crippen molar-refractivity contribution in [1.29, 1.82) is 0 Å². The van der Waals surface area contributed by atoms with Crippen molar-refractivity contribution < 1.29 is 9.21 Å². The fourth-order valence-corrected chi connectivity index (χ4v) is 1.91. The molecule has 0 radical (unpaired) electrons. The van der Waals surface area contributed by atoms with Crippen LogP contribution in [0.2, 0.25) is 0 Å². The SMILES string of the molecule is Cc1ccc(CC(=O)N(C)Cc2ccc(C)o2)cc1. The Labute approximate surface area is 113 Å². The fourth-order valence-electron chi connectivity index (χ4n) is 1.91. The van der Waals surface area contributed by atoms with Crippen LogP contribution in [0.1, 0.15) is 22.6 Å². The number of rotatable bonds is 4. The van der Waals surface area contributed by atoms with E-state index in [1.165, 1.54) is 5.56 Å². The quantitative estimate of drug-likeness (QED) is 0.843. The van der Waals surface area contributed by atoms with E-state index >= 15 is 0 Å². The number of carbonyl (C=O) groups excluding carboxylic acids is 1. The summed E-state index contributed by atoms with van der Waals surface area (Å²) < 4.78 is 5.48. The Morgan fingerprint density at radius 3 is 2.37 bits per heavy atom. The number of furan rings is 1. The molecular weight excluding hydrogens is 238 g/mol. The Hall–Kier alpha value is -2.03. The van der Waals surface area contributed by atoms with Gasteiger partial charge in [-0.2, -0.15) is 0 Å². The van der Waals surface area contributed by atoms with Gasteiger partial charge >= 0.3 is 0 Å². The molecule has 0 spiro atoms. The highest BCUT2D eigenvalue weighted by molar-refractivity contribution is 5.78. The molecule has 0 aliphatic rings. The lowest BCUT2D eigenvalue weighted by Crippen LogP contribution is -2.27. The van der Waals surface area contributed by atoms with Crippen LogP contribution in [-0.2, 0) is 17.8 Å². The van der Waals surface area contributed by atoms with Gasteiger partial charge in [-0.25, -0.2) is 0 Å². The van der Waals surface area contributed by atoms with Crippen LogP contribution in [0.5, 0.6) is 0 Å². The minimum atomic E-state index is 0.0953.